The van der Waals surface area contributed by atoms with Crippen LogP contribution >= 0.6 is 0 Å². The molecule has 0 radical (unpaired) electrons. The van der Waals surface area contributed by atoms with Gasteiger partial charge in [-0.15, -0.1) is 5.10 Å². The maximum Gasteiger partial charge on any atom is 0.242 e. The number of carbonyl (C=O) groups excluding carboxylic acids is 1. The molecule has 0 saturated carbocycles. The molecule has 6 nitrogen and oxygen atoms in total. The minimum atomic E-state index is 0.190. The molecular formula is C23H26N4O2. The monoisotopic (exact) mass is 390 g/mol. The second kappa shape index (κ2) is 7.85. The lowest BCUT2D eigenvalue weighted by atomic mass is 9.98. The van der Waals surface area contributed by atoms with Crippen molar-refractivity contribution in [3.63, 3.8) is 0 Å². The number of aryl methyl sites for hydroxylation is 2. The van der Waals surface area contributed by atoms with Crippen molar-refractivity contribution in [2.75, 3.05) is 19.7 Å². The van der Waals surface area contributed by atoms with Crippen molar-refractivity contribution in [3.8, 4) is 5.88 Å². The predicted molar refractivity (Wildman–Crippen MR) is 111 cm³/mol. The lowest BCUT2D eigenvalue weighted by Gasteiger charge is -2.32. The fraction of sp³-hybridized carbons (Fsp3) is 0.435. The van der Waals surface area contributed by atoms with Crippen molar-refractivity contribution >= 4 is 16.8 Å². The molecule has 1 aliphatic heterocycles. The zero-order chi connectivity index (χ0) is 19.6. The molecule has 0 bridgehead atoms. The number of aromatic nitrogens is 3. The van der Waals surface area contributed by atoms with E-state index < -0.39 is 0 Å². The topological polar surface area (TPSA) is 60.2 Å². The van der Waals surface area contributed by atoms with Gasteiger partial charge >= 0.3 is 0 Å². The Kier molecular flexibility index (Phi) is 4.92. The Hall–Kier alpha value is -2.89. The molecule has 5 rings (SSSR count). The van der Waals surface area contributed by atoms with Crippen LogP contribution in [0, 0.1) is 5.92 Å². The molecule has 0 unspecified atom stereocenters. The average molecular weight is 390 g/mol. The summed E-state index contributed by atoms with van der Waals surface area (Å²) in [6.07, 6.45) is 7.22. The first-order chi connectivity index (χ1) is 14.3. The first-order valence-electron chi connectivity index (χ1n) is 10.6. The smallest absolute Gasteiger partial charge is 0.242 e. The standard InChI is InChI=1S/C23H26N4O2/c28-23(15-27-13-10-18-4-1-2-7-21(18)27)26-11-8-17(9-12-26)16-29-22-14-19-5-3-6-20(19)24-25-22/h1-2,4,7,10,13-14,17H,3,5-6,8-9,11-12,15-16H2. The van der Waals surface area contributed by atoms with E-state index in [0.29, 0.717) is 24.9 Å². The minimum absolute atomic E-state index is 0.190. The second-order valence-electron chi connectivity index (χ2n) is 8.15. The molecule has 1 aliphatic carbocycles. The first kappa shape index (κ1) is 18.2. The van der Waals surface area contributed by atoms with Crippen LogP contribution in [-0.4, -0.2) is 45.3 Å². The Morgan fingerprint density at radius 3 is 2.86 bits per heavy atom. The van der Waals surface area contributed by atoms with Gasteiger partial charge in [0.15, 0.2) is 0 Å². The van der Waals surface area contributed by atoms with E-state index in [-0.39, 0.29) is 5.91 Å². The number of hydrogen-bond donors (Lipinski definition) is 0. The number of carbonyl (C=O) groups is 1. The summed E-state index contributed by atoms with van der Waals surface area (Å²) in [5.74, 6) is 1.29. The van der Waals surface area contributed by atoms with Crippen LogP contribution in [0.3, 0.4) is 0 Å². The predicted octanol–water partition coefficient (Wildman–Crippen LogP) is 3.24. The van der Waals surface area contributed by atoms with Crippen molar-refractivity contribution < 1.29 is 9.53 Å². The molecule has 0 atom stereocenters. The highest BCUT2D eigenvalue weighted by Crippen LogP contribution is 2.24. The summed E-state index contributed by atoms with van der Waals surface area (Å²) in [6.45, 7) is 2.64. The van der Waals surface area contributed by atoms with Gasteiger partial charge in [0, 0.05) is 30.9 Å². The molecule has 0 N–H and O–H groups in total. The van der Waals surface area contributed by atoms with Crippen LogP contribution in [0.4, 0.5) is 0 Å². The van der Waals surface area contributed by atoms with Crippen LogP contribution in [0.5, 0.6) is 5.88 Å². The Balaban J connectivity index is 1.12. The number of hydrogen-bond acceptors (Lipinski definition) is 4. The Labute approximate surface area is 170 Å². The van der Waals surface area contributed by atoms with Crippen LogP contribution < -0.4 is 4.74 Å². The SMILES string of the molecule is O=C(Cn1ccc2ccccc21)N1CCC(COc2cc3c(nn2)CCC3)CC1. The van der Waals surface area contributed by atoms with Gasteiger partial charge in [-0.05, 0) is 61.1 Å². The third kappa shape index (κ3) is 3.84. The van der Waals surface area contributed by atoms with Gasteiger partial charge in [0.25, 0.3) is 0 Å². The minimum Gasteiger partial charge on any atom is -0.476 e. The van der Waals surface area contributed by atoms with Crippen molar-refractivity contribution in [3.05, 3.63) is 53.9 Å². The number of rotatable bonds is 5. The van der Waals surface area contributed by atoms with Gasteiger partial charge < -0.3 is 14.2 Å². The Morgan fingerprint density at radius 2 is 1.97 bits per heavy atom. The van der Waals surface area contributed by atoms with Crippen LogP contribution in [-0.2, 0) is 24.2 Å². The molecule has 29 heavy (non-hydrogen) atoms. The van der Waals surface area contributed by atoms with E-state index in [2.05, 4.69) is 34.5 Å². The van der Waals surface area contributed by atoms with E-state index in [1.165, 1.54) is 17.4 Å². The summed E-state index contributed by atoms with van der Waals surface area (Å²) in [6, 6.07) is 12.3. The summed E-state index contributed by atoms with van der Waals surface area (Å²) in [7, 11) is 0. The summed E-state index contributed by atoms with van der Waals surface area (Å²) in [5, 5.41) is 9.66. The molecule has 6 heteroatoms. The molecule has 2 aromatic heterocycles. The molecule has 1 amide bonds. The van der Waals surface area contributed by atoms with E-state index in [4.69, 9.17) is 4.74 Å². The third-order valence-corrected chi connectivity index (χ3v) is 6.22. The zero-order valence-electron chi connectivity index (χ0n) is 16.6. The van der Waals surface area contributed by atoms with Crippen molar-refractivity contribution in [1.82, 2.24) is 19.7 Å². The number of likely N-dealkylation sites (tertiary alicyclic amines) is 1. The molecular weight excluding hydrogens is 364 g/mol. The van der Waals surface area contributed by atoms with Crippen LogP contribution in [0.1, 0.15) is 30.5 Å². The number of benzene rings is 1. The average Bonchev–Trinajstić information content (AvgIpc) is 3.39. The highest BCUT2D eigenvalue weighted by Gasteiger charge is 2.24. The fourth-order valence-corrected chi connectivity index (χ4v) is 4.46. The zero-order valence-corrected chi connectivity index (χ0v) is 16.6. The van der Waals surface area contributed by atoms with Gasteiger partial charge in [-0.2, -0.15) is 5.10 Å². The Morgan fingerprint density at radius 1 is 1.10 bits per heavy atom. The van der Waals surface area contributed by atoms with Gasteiger partial charge in [-0.3, -0.25) is 4.79 Å². The number of fused-ring (bicyclic) bond motifs is 2. The quantitative estimate of drug-likeness (QED) is 0.671. The van der Waals surface area contributed by atoms with Gasteiger partial charge in [0.2, 0.25) is 11.8 Å². The van der Waals surface area contributed by atoms with Crippen molar-refractivity contribution in [2.24, 2.45) is 5.92 Å². The highest BCUT2D eigenvalue weighted by atomic mass is 16.5. The molecule has 150 valence electrons. The maximum absolute atomic E-state index is 12.8. The van der Waals surface area contributed by atoms with Crippen LogP contribution in [0.25, 0.3) is 10.9 Å². The lowest BCUT2D eigenvalue weighted by Crippen LogP contribution is -2.41. The summed E-state index contributed by atoms with van der Waals surface area (Å²) < 4.78 is 7.96. The normalized spacial score (nSPS) is 16.9. The largest absolute Gasteiger partial charge is 0.476 e. The molecule has 3 heterocycles. The van der Waals surface area contributed by atoms with Crippen molar-refractivity contribution in [1.29, 1.82) is 0 Å². The molecule has 1 saturated heterocycles. The van der Waals surface area contributed by atoms with E-state index >= 15 is 0 Å². The third-order valence-electron chi connectivity index (χ3n) is 6.22. The van der Waals surface area contributed by atoms with Gasteiger partial charge in [0.1, 0.15) is 6.54 Å². The summed E-state index contributed by atoms with van der Waals surface area (Å²) >= 11 is 0. The van der Waals surface area contributed by atoms with Gasteiger partial charge in [-0.25, -0.2) is 0 Å². The van der Waals surface area contributed by atoms with Crippen LogP contribution in [0.15, 0.2) is 42.6 Å². The Bertz CT molecular complexity index is 1020. The first-order valence-corrected chi connectivity index (χ1v) is 10.6. The highest BCUT2D eigenvalue weighted by molar-refractivity contribution is 5.83. The number of piperidine rings is 1. The number of amides is 1. The number of ether oxygens (including phenoxy) is 1. The lowest BCUT2D eigenvalue weighted by molar-refractivity contribution is -0.133. The molecule has 2 aliphatic rings. The molecule has 0 spiro atoms. The number of nitrogens with zero attached hydrogens (tertiary/aromatic N) is 4. The fourth-order valence-electron chi connectivity index (χ4n) is 4.46. The number of para-hydroxylation sites is 1. The second-order valence-corrected chi connectivity index (χ2v) is 8.15. The summed E-state index contributed by atoms with van der Waals surface area (Å²) in [4.78, 5) is 14.7. The van der Waals surface area contributed by atoms with Crippen molar-refractivity contribution in [2.45, 2.75) is 38.6 Å². The van der Waals surface area contributed by atoms with E-state index in [1.54, 1.807) is 0 Å². The maximum atomic E-state index is 12.8. The van der Waals surface area contributed by atoms with Gasteiger partial charge in [-0.1, -0.05) is 18.2 Å². The summed E-state index contributed by atoms with van der Waals surface area (Å²) in [5.41, 5.74) is 3.52. The van der Waals surface area contributed by atoms with E-state index in [0.717, 1.165) is 50.0 Å². The molecule has 1 aromatic carbocycles. The van der Waals surface area contributed by atoms with Gasteiger partial charge in [0.05, 0.1) is 12.3 Å². The van der Waals surface area contributed by atoms with E-state index in [1.807, 2.05) is 27.8 Å². The van der Waals surface area contributed by atoms with Crippen LogP contribution in [0.2, 0.25) is 0 Å². The molecule has 3 aromatic rings. The molecule has 1 fully saturated rings. The van der Waals surface area contributed by atoms with E-state index in [9.17, 15) is 4.79 Å².